The highest BCUT2D eigenvalue weighted by molar-refractivity contribution is 5.74. The van der Waals surface area contributed by atoms with E-state index in [0.717, 1.165) is 0 Å². The fourth-order valence-electron chi connectivity index (χ4n) is 2.32. The fourth-order valence-corrected chi connectivity index (χ4v) is 2.32. The number of carboxylic acids is 2. The largest absolute Gasteiger partial charge is 0.481 e. The summed E-state index contributed by atoms with van der Waals surface area (Å²) in [5, 5.41) is 18.9. The van der Waals surface area contributed by atoms with Gasteiger partial charge in [-0.05, 0) is 54.4 Å². The molecule has 0 aromatic carbocycles. The topological polar surface area (TPSA) is 112 Å². The summed E-state index contributed by atoms with van der Waals surface area (Å²) in [5.41, 5.74) is -1.37. The van der Waals surface area contributed by atoms with E-state index in [9.17, 15) is 19.8 Å². The van der Waals surface area contributed by atoms with Crippen LogP contribution in [0.2, 0.25) is 0 Å². The van der Waals surface area contributed by atoms with E-state index >= 15 is 0 Å². The molecule has 0 saturated heterocycles. The van der Waals surface area contributed by atoms with Gasteiger partial charge in [0.05, 0.1) is 23.0 Å². The minimum atomic E-state index is -1.10. The minimum absolute atomic E-state index is 0.153. The molecule has 140 valence electrons. The van der Waals surface area contributed by atoms with Gasteiger partial charge in [0.2, 0.25) is 0 Å². The highest BCUT2D eigenvalue weighted by Gasteiger charge is 2.49. The summed E-state index contributed by atoms with van der Waals surface area (Å²) in [5.74, 6) is -4.08. The molecule has 1 fully saturated rings. The van der Waals surface area contributed by atoms with Crippen molar-refractivity contribution >= 4 is 11.9 Å². The van der Waals surface area contributed by atoms with Crippen LogP contribution in [0.1, 0.15) is 54.4 Å². The molecular formula is C16H28O8. The Morgan fingerprint density at radius 3 is 1.25 bits per heavy atom. The van der Waals surface area contributed by atoms with Crippen LogP contribution in [-0.4, -0.2) is 45.6 Å². The third-order valence-electron chi connectivity index (χ3n) is 3.36. The van der Waals surface area contributed by atoms with Crippen LogP contribution in [-0.2, 0) is 29.1 Å². The number of hydrogen-bond donors (Lipinski definition) is 2. The second-order valence-corrected chi connectivity index (χ2v) is 7.98. The summed E-state index contributed by atoms with van der Waals surface area (Å²) in [7, 11) is 0. The first-order valence-corrected chi connectivity index (χ1v) is 7.96. The first-order valence-electron chi connectivity index (χ1n) is 7.96. The Labute approximate surface area is 141 Å². The second kappa shape index (κ2) is 7.77. The van der Waals surface area contributed by atoms with E-state index in [-0.39, 0.29) is 12.8 Å². The van der Waals surface area contributed by atoms with Gasteiger partial charge in [-0.2, -0.15) is 0 Å². The number of carboxylic acid groups (broad SMARTS) is 2. The van der Waals surface area contributed by atoms with Gasteiger partial charge in [-0.3, -0.25) is 9.59 Å². The number of rotatable bonds is 6. The van der Waals surface area contributed by atoms with Gasteiger partial charge in [0, 0.05) is 0 Å². The lowest BCUT2D eigenvalue weighted by Crippen LogP contribution is -2.52. The Hall–Kier alpha value is -1.22. The molecule has 0 aromatic heterocycles. The smallest absolute Gasteiger partial charge is 0.309 e. The van der Waals surface area contributed by atoms with E-state index in [1.54, 1.807) is 41.5 Å². The molecule has 0 bridgehead atoms. The Kier molecular flexibility index (Phi) is 6.75. The lowest BCUT2D eigenvalue weighted by molar-refractivity contribution is -0.443. The highest BCUT2D eigenvalue weighted by atomic mass is 17.2. The number of aliphatic carboxylic acids is 2. The summed E-state index contributed by atoms with van der Waals surface area (Å²) in [6, 6.07) is 0. The van der Waals surface area contributed by atoms with E-state index in [1.807, 2.05) is 0 Å². The second-order valence-electron chi connectivity index (χ2n) is 7.98. The quantitative estimate of drug-likeness (QED) is 0.556. The molecule has 4 unspecified atom stereocenters. The maximum absolute atomic E-state index is 11.5. The van der Waals surface area contributed by atoms with Crippen LogP contribution < -0.4 is 0 Å². The van der Waals surface area contributed by atoms with Gasteiger partial charge in [-0.25, -0.2) is 19.6 Å². The Bertz CT molecular complexity index is 406. The van der Waals surface area contributed by atoms with Gasteiger partial charge in [-0.15, -0.1) is 0 Å². The maximum atomic E-state index is 11.5. The van der Waals surface area contributed by atoms with Crippen molar-refractivity contribution in [1.29, 1.82) is 0 Å². The minimum Gasteiger partial charge on any atom is -0.481 e. The van der Waals surface area contributed by atoms with E-state index in [2.05, 4.69) is 0 Å². The third-order valence-corrected chi connectivity index (χ3v) is 3.36. The molecule has 0 amide bonds. The van der Waals surface area contributed by atoms with Crippen molar-refractivity contribution < 1.29 is 39.4 Å². The van der Waals surface area contributed by atoms with E-state index in [0.29, 0.717) is 0 Å². The molecular weight excluding hydrogens is 320 g/mol. The molecule has 0 heterocycles. The van der Waals surface area contributed by atoms with E-state index in [4.69, 9.17) is 19.6 Å². The van der Waals surface area contributed by atoms with Crippen LogP contribution in [0, 0.1) is 11.8 Å². The van der Waals surface area contributed by atoms with Crippen molar-refractivity contribution in [3.63, 3.8) is 0 Å². The number of hydrogen-bond acceptors (Lipinski definition) is 6. The average Bonchev–Trinajstić information content (AvgIpc) is 2.40. The third kappa shape index (κ3) is 6.35. The highest BCUT2D eigenvalue weighted by Crippen LogP contribution is 2.35. The first kappa shape index (κ1) is 20.8. The van der Waals surface area contributed by atoms with Crippen molar-refractivity contribution in [2.75, 3.05) is 0 Å². The zero-order chi connectivity index (χ0) is 18.7. The van der Waals surface area contributed by atoms with Crippen LogP contribution >= 0.6 is 0 Å². The maximum Gasteiger partial charge on any atom is 0.309 e. The van der Waals surface area contributed by atoms with Crippen molar-refractivity contribution in [2.45, 2.75) is 77.8 Å². The van der Waals surface area contributed by atoms with E-state index < -0.39 is 47.2 Å². The van der Waals surface area contributed by atoms with Crippen molar-refractivity contribution in [3.8, 4) is 0 Å². The molecule has 1 rings (SSSR count). The Balaban J connectivity index is 3.04. The summed E-state index contributed by atoms with van der Waals surface area (Å²) < 4.78 is 0. The molecule has 0 aromatic rings. The Morgan fingerprint density at radius 1 is 0.750 bits per heavy atom. The van der Waals surface area contributed by atoms with Gasteiger partial charge in [0.1, 0.15) is 12.2 Å². The van der Waals surface area contributed by atoms with Crippen LogP contribution in [0.4, 0.5) is 0 Å². The van der Waals surface area contributed by atoms with Gasteiger partial charge in [0.25, 0.3) is 0 Å². The molecule has 1 saturated carbocycles. The van der Waals surface area contributed by atoms with Crippen molar-refractivity contribution in [2.24, 2.45) is 11.8 Å². The SMILES string of the molecule is CC(C)(C)OOC1C(C(=O)O)CCC(C(=O)O)C1OOC(C)(C)C. The normalized spacial score (nSPS) is 28.6. The molecule has 2 N–H and O–H groups in total. The van der Waals surface area contributed by atoms with Gasteiger partial charge < -0.3 is 10.2 Å². The molecule has 8 nitrogen and oxygen atoms in total. The molecule has 24 heavy (non-hydrogen) atoms. The summed E-state index contributed by atoms with van der Waals surface area (Å²) in [6.07, 6.45) is -1.89. The van der Waals surface area contributed by atoms with Gasteiger partial charge in [-0.1, -0.05) is 0 Å². The predicted molar refractivity (Wildman–Crippen MR) is 82.9 cm³/mol. The van der Waals surface area contributed by atoms with Crippen molar-refractivity contribution in [1.82, 2.24) is 0 Å². The summed E-state index contributed by atoms with van der Waals surface area (Å²) in [4.78, 5) is 44.2. The fraction of sp³-hybridized carbons (Fsp3) is 0.875. The summed E-state index contributed by atoms with van der Waals surface area (Å²) >= 11 is 0. The molecule has 1 aliphatic rings. The summed E-state index contributed by atoms with van der Waals surface area (Å²) in [6.45, 7) is 10.4. The zero-order valence-electron chi connectivity index (χ0n) is 15.1. The molecule has 8 heteroatoms. The van der Waals surface area contributed by atoms with Gasteiger partial charge in [0.15, 0.2) is 0 Å². The van der Waals surface area contributed by atoms with E-state index in [1.165, 1.54) is 0 Å². The molecule has 4 atom stereocenters. The van der Waals surface area contributed by atoms with Crippen LogP contribution in [0.25, 0.3) is 0 Å². The van der Waals surface area contributed by atoms with Gasteiger partial charge >= 0.3 is 11.9 Å². The van der Waals surface area contributed by atoms with Crippen LogP contribution in [0.3, 0.4) is 0 Å². The number of carbonyl (C=O) groups is 2. The molecule has 0 aliphatic heterocycles. The molecule has 0 spiro atoms. The molecule has 0 radical (unpaired) electrons. The standard InChI is InChI=1S/C16H28O8/c1-15(2,3)23-21-11-9(13(17)18)7-8-10(14(19)20)12(11)22-24-16(4,5)6/h9-12H,7-8H2,1-6H3,(H,17,18)(H,19,20). The van der Waals surface area contributed by atoms with Crippen molar-refractivity contribution in [3.05, 3.63) is 0 Å². The molecule has 1 aliphatic carbocycles. The van der Waals surface area contributed by atoms with Crippen LogP contribution in [0.15, 0.2) is 0 Å². The lowest BCUT2D eigenvalue weighted by Gasteiger charge is -2.39. The monoisotopic (exact) mass is 348 g/mol. The lowest BCUT2D eigenvalue weighted by atomic mass is 9.77. The first-order chi connectivity index (χ1) is 10.8. The Morgan fingerprint density at radius 2 is 1.04 bits per heavy atom. The van der Waals surface area contributed by atoms with Crippen LogP contribution in [0.5, 0.6) is 0 Å². The average molecular weight is 348 g/mol. The zero-order valence-corrected chi connectivity index (χ0v) is 15.1. The predicted octanol–water partition coefficient (Wildman–Crippen LogP) is 2.41.